The van der Waals surface area contributed by atoms with E-state index in [1.54, 1.807) is 24.3 Å². The van der Waals surface area contributed by atoms with Crippen LogP contribution in [-0.4, -0.2) is 36.1 Å². The Morgan fingerprint density at radius 3 is 2.26 bits per heavy atom. The highest BCUT2D eigenvalue weighted by Gasteiger charge is 2.31. The van der Waals surface area contributed by atoms with E-state index in [1.807, 2.05) is 19.9 Å². The summed E-state index contributed by atoms with van der Waals surface area (Å²) in [6, 6.07) is 8.05. The van der Waals surface area contributed by atoms with Crippen LogP contribution < -0.4 is 5.32 Å². The summed E-state index contributed by atoms with van der Waals surface area (Å²) in [6.45, 7) is 3.81. The number of carboxylic acid groups (broad SMARTS) is 1. The second-order valence-electron chi connectivity index (χ2n) is 5.79. The molecule has 6 heteroatoms. The Labute approximate surface area is 135 Å². The highest BCUT2D eigenvalue weighted by Crippen LogP contribution is 2.12. The van der Waals surface area contributed by atoms with Crippen LogP contribution in [0.15, 0.2) is 30.3 Å². The number of carboxylic acids is 1. The van der Waals surface area contributed by atoms with E-state index < -0.39 is 29.8 Å². The van der Waals surface area contributed by atoms with E-state index in [-0.39, 0.29) is 12.3 Å². The van der Waals surface area contributed by atoms with Gasteiger partial charge in [0.1, 0.15) is 12.0 Å². The van der Waals surface area contributed by atoms with E-state index in [1.165, 1.54) is 7.11 Å². The molecule has 0 fully saturated rings. The maximum atomic E-state index is 12.3. The van der Waals surface area contributed by atoms with E-state index in [0.29, 0.717) is 6.42 Å². The lowest BCUT2D eigenvalue weighted by Crippen LogP contribution is -2.47. The number of hydrogen-bond donors (Lipinski definition) is 2. The molecule has 2 N–H and O–H groups in total. The first-order valence-electron chi connectivity index (χ1n) is 7.50. The number of benzene rings is 1. The molecule has 2 atom stereocenters. The van der Waals surface area contributed by atoms with Crippen LogP contribution in [0.5, 0.6) is 0 Å². The summed E-state index contributed by atoms with van der Waals surface area (Å²) in [6.07, 6.45) is 0.452. The number of carbonyl (C=O) groups is 3. The van der Waals surface area contributed by atoms with E-state index >= 15 is 0 Å². The Kier molecular flexibility index (Phi) is 7.25. The number of aliphatic carboxylic acids is 1. The summed E-state index contributed by atoms with van der Waals surface area (Å²) in [5.41, 5.74) is 0.744. The van der Waals surface area contributed by atoms with Gasteiger partial charge in [0.05, 0.1) is 7.11 Å². The molecular formula is C17H23NO5. The van der Waals surface area contributed by atoms with Gasteiger partial charge in [0.2, 0.25) is 5.91 Å². The summed E-state index contributed by atoms with van der Waals surface area (Å²) in [5, 5.41) is 11.8. The molecule has 0 aromatic heterocycles. The minimum Gasteiger partial charge on any atom is -0.481 e. The Bertz CT molecular complexity index is 541. The van der Waals surface area contributed by atoms with Crippen LogP contribution in [0.2, 0.25) is 0 Å². The molecule has 0 aliphatic heterocycles. The van der Waals surface area contributed by atoms with Crippen molar-refractivity contribution in [3.8, 4) is 0 Å². The summed E-state index contributed by atoms with van der Waals surface area (Å²) in [7, 11) is 1.24. The lowest BCUT2D eigenvalue weighted by Gasteiger charge is -2.20. The fourth-order valence-corrected chi connectivity index (χ4v) is 2.24. The first-order valence-corrected chi connectivity index (χ1v) is 7.50. The zero-order valence-corrected chi connectivity index (χ0v) is 13.6. The van der Waals surface area contributed by atoms with E-state index in [4.69, 9.17) is 0 Å². The van der Waals surface area contributed by atoms with Crippen LogP contribution in [0, 0.1) is 11.8 Å². The van der Waals surface area contributed by atoms with Crippen molar-refractivity contribution in [2.45, 2.75) is 32.7 Å². The van der Waals surface area contributed by atoms with E-state index in [9.17, 15) is 19.5 Å². The van der Waals surface area contributed by atoms with Crippen LogP contribution in [0.25, 0.3) is 0 Å². The van der Waals surface area contributed by atoms with Crippen LogP contribution in [0.3, 0.4) is 0 Å². The van der Waals surface area contributed by atoms with Gasteiger partial charge in [-0.15, -0.1) is 0 Å². The molecule has 6 nitrogen and oxygen atoms in total. The van der Waals surface area contributed by atoms with Gasteiger partial charge in [-0.05, 0) is 24.3 Å². The van der Waals surface area contributed by atoms with Crippen molar-refractivity contribution in [2.24, 2.45) is 11.8 Å². The fraction of sp³-hybridized carbons (Fsp3) is 0.471. The summed E-state index contributed by atoms with van der Waals surface area (Å²) >= 11 is 0. The molecule has 0 spiro atoms. The predicted octanol–water partition coefficient (Wildman–Crippen LogP) is 1.63. The average molecular weight is 321 g/mol. The molecule has 1 rings (SSSR count). The van der Waals surface area contributed by atoms with Crippen molar-refractivity contribution in [1.29, 1.82) is 0 Å². The Morgan fingerprint density at radius 2 is 1.78 bits per heavy atom. The SMILES string of the molecule is COC(=O)[C@@H](CC(C)C)NC(=O)C(Cc1ccccc1)C(=O)O. The standard InChI is InChI=1S/C17H23NO5/c1-11(2)9-14(17(22)23-3)18-15(19)13(16(20)21)10-12-7-5-4-6-8-12/h4-8,11,13-14H,9-10H2,1-3H3,(H,18,19)(H,20,21)/t13?,14-/m1/s1. The largest absolute Gasteiger partial charge is 0.481 e. The first kappa shape index (κ1) is 18.7. The number of esters is 1. The minimum absolute atomic E-state index is 0.0670. The molecule has 0 saturated carbocycles. The number of ether oxygens (including phenoxy) is 1. The van der Waals surface area contributed by atoms with Gasteiger partial charge in [-0.1, -0.05) is 44.2 Å². The molecule has 0 heterocycles. The number of amides is 1. The zero-order valence-electron chi connectivity index (χ0n) is 13.6. The molecule has 1 amide bonds. The summed E-state index contributed by atoms with van der Waals surface area (Å²) in [4.78, 5) is 35.5. The average Bonchev–Trinajstić information content (AvgIpc) is 2.51. The normalized spacial score (nSPS) is 13.2. The molecular weight excluding hydrogens is 298 g/mol. The van der Waals surface area contributed by atoms with Gasteiger partial charge in [0.15, 0.2) is 0 Å². The van der Waals surface area contributed by atoms with Crippen LogP contribution >= 0.6 is 0 Å². The Hall–Kier alpha value is -2.37. The molecule has 0 radical (unpaired) electrons. The lowest BCUT2D eigenvalue weighted by molar-refractivity contribution is -0.151. The maximum Gasteiger partial charge on any atom is 0.328 e. The number of hydrogen-bond acceptors (Lipinski definition) is 4. The second kappa shape index (κ2) is 8.92. The van der Waals surface area contributed by atoms with Gasteiger partial charge in [-0.2, -0.15) is 0 Å². The fourth-order valence-electron chi connectivity index (χ4n) is 2.24. The van der Waals surface area contributed by atoms with Gasteiger partial charge in [-0.25, -0.2) is 4.79 Å². The van der Waals surface area contributed by atoms with Gasteiger partial charge >= 0.3 is 11.9 Å². The molecule has 1 aromatic carbocycles. The van der Waals surface area contributed by atoms with Crippen molar-refractivity contribution < 1.29 is 24.2 Å². The summed E-state index contributed by atoms with van der Waals surface area (Å²) < 4.78 is 4.67. The Morgan fingerprint density at radius 1 is 1.17 bits per heavy atom. The van der Waals surface area contributed by atoms with Crippen LogP contribution in [0.4, 0.5) is 0 Å². The predicted molar refractivity (Wildman–Crippen MR) is 84.7 cm³/mol. The topological polar surface area (TPSA) is 92.7 Å². The number of carbonyl (C=O) groups excluding carboxylic acids is 2. The highest BCUT2D eigenvalue weighted by molar-refractivity contribution is 5.98. The van der Waals surface area contributed by atoms with Crippen molar-refractivity contribution in [1.82, 2.24) is 5.32 Å². The second-order valence-corrected chi connectivity index (χ2v) is 5.79. The third kappa shape index (κ3) is 6.10. The monoisotopic (exact) mass is 321 g/mol. The molecule has 126 valence electrons. The number of methoxy groups -OCH3 is 1. The maximum absolute atomic E-state index is 12.3. The molecule has 0 saturated heterocycles. The molecule has 0 aliphatic rings. The van der Waals surface area contributed by atoms with Crippen molar-refractivity contribution in [3.05, 3.63) is 35.9 Å². The molecule has 0 bridgehead atoms. The van der Waals surface area contributed by atoms with Crippen molar-refractivity contribution in [2.75, 3.05) is 7.11 Å². The Balaban J connectivity index is 2.83. The lowest BCUT2D eigenvalue weighted by atomic mass is 9.97. The smallest absolute Gasteiger partial charge is 0.328 e. The summed E-state index contributed by atoms with van der Waals surface area (Å²) in [5.74, 6) is -3.58. The zero-order chi connectivity index (χ0) is 17.4. The quantitative estimate of drug-likeness (QED) is 0.561. The molecule has 23 heavy (non-hydrogen) atoms. The highest BCUT2D eigenvalue weighted by atomic mass is 16.5. The van der Waals surface area contributed by atoms with E-state index in [0.717, 1.165) is 5.56 Å². The molecule has 0 aliphatic carbocycles. The van der Waals surface area contributed by atoms with Crippen molar-refractivity contribution in [3.63, 3.8) is 0 Å². The third-order valence-electron chi connectivity index (χ3n) is 3.41. The van der Waals surface area contributed by atoms with Crippen LogP contribution in [-0.2, 0) is 25.5 Å². The van der Waals surface area contributed by atoms with Gasteiger partial charge < -0.3 is 15.2 Å². The van der Waals surface area contributed by atoms with E-state index in [2.05, 4.69) is 10.1 Å². The van der Waals surface area contributed by atoms with Gasteiger partial charge in [-0.3, -0.25) is 9.59 Å². The van der Waals surface area contributed by atoms with Gasteiger partial charge in [0.25, 0.3) is 0 Å². The number of rotatable bonds is 8. The van der Waals surface area contributed by atoms with Gasteiger partial charge in [0, 0.05) is 0 Å². The number of nitrogens with one attached hydrogen (secondary N) is 1. The first-order chi connectivity index (χ1) is 10.8. The third-order valence-corrected chi connectivity index (χ3v) is 3.41. The molecule has 1 unspecified atom stereocenters. The molecule has 1 aromatic rings. The van der Waals surface area contributed by atoms with Crippen LogP contribution in [0.1, 0.15) is 25.8 Å². The minimum atomic E-state index is -1.25. The van der Waals surface area contributed by atoms with Crippen molar-refractivity contribution >= 4 is 17.8 Å².